The van der Waals surface area contributed by atoms with Crippen LogP contribution in [0.5, 0.6) is 11.5 Å². The molecule has 1 saturated heterocycles. The number of nitrogens with zero attached hydrogens (tertiary/aromatic N) is 1. The third kappa shape index (κ3) is 5.27. The van der Waals surface area contributed by atoms with Gasteiger partial charge in [0.05, 0.1) is 12.3 Å². The maximum atomic E-state index is 13.3. The number of imide groups is 2. The smallest absolute Gasteiger partial charge is 0.335 e. The molecule has 8 heteroatoms. The minimum atomic E-state index is -0.789. The molecule has 0 saturated carbocycles. The Kier molecular flexibility index (Phi) is 7.44. The minimum absolute atomic E-state index is 0.178. The van der Waals surface area contributed by atoms with E-state index in [1.807, 2.05) is 26.0 Å². The van der Waals surface area contributed by atoms with E-state index < -0.39 is 17.8 Å². The highest BCUT2D eigenvalue weighted by molar-refractivity contribution is 6.39. The number of benzene rings is 3. The molecule has 4 amide bonds. The van der Waals surface area contributed by atoms with E-state index in [4.69, 9.17) is 9.47 Å². The summed E-state index contributed by atoms with van der Waals surface area (Å²) in [4.78, 5) is 39.4. The zero-order chi connectivity index (χ0) is 25.7. The predicted molar refractivity (Wildman–Crippen MR) is 133 cm³/mol. The lowest BCUT2D eigenvalue weighted by atomic mass is 10.0. The summed E-state index contributed by atoms with van der Waals surface area (Å²) < 4.78 is 24.7. The molecule has 1 N–H and O–H groups in total. The summed E-state index contributed by atoms with van der Waals surface area (Å²) in [6.07, 6.45) is 2.02. The number of rotatable bonds is 8. The highest BCUT2D eigenvalue weighted by Crippen LogP contribution is 2.31. The van der Waals surface area contributed by atoms with Crippen LogP contribution in [0.4, 0.5) is 14.9 Å². The van der Waals surface area contributed by atoms with Gasteiger partial charge in [0.25, 0.3) is 11.8 Å². The van der Waals surface area contributed by atoms with Crippen molar-refractivity contribution in [1.29, 1.82) is 0 Å². The van der Waals surface area contributed by atoms with Crippen molar-refractivity contribution in [2.45, 2.75) is 26.9 Å². The average molecular weight is 489 g/mol. The topological polar surface area (TPSA) is 84.9 Å². The maximum Gasteiger partial charge on any atom is 0.335 e. The van der Waals surface area contributed by atoms with Crippen molar-refractivity contribution in [3.8, 4) is 11.5 Å². The van der Waals surface area contributed by atoms with E-state index in [1.165, 1.54) is 18.2 Å². The molecule has 1 fully saturated rings. The summed E-state index contributed by atoms with van der Waals surface area (Å²) in [6.45, 7) is 4.31. The van der Waals surface area contributed by atoms with Crippen LogP contribution in [-0.4, -0.2) is 24.5 Å². The van der Waals surface area contributed by atoms with Gasteiger partial charge in [0, 0.05) is 0 Å². The zero-order valence-electron chi connectivity index (χ0n) is 19.9. The van der Waals surface area contributed by atoms with E-state index in [2.05, 4.69) is 5.32 Å². The molecule has 4 rings (SSSR count). The van der Waals surface area contributed by atoms with E-state index in [9.17, 15) is 18.8 Å². The number of nitrogens with one attached hydrogen (secondary N) is 1. The van der Waals surface area contributed by atoms with E-state index in [0.29, 0.717) is 35.8 Å². The van der Waals surface area contributed by atoms with E-state index in [1.54, 1.807) is 42.5 Å². The molecule has 1 heterocycles. The third-order valence-electron chi connectivity index (χ3n) is 5.60. The fourth-order valence-corrected chi connectivity index (χ4v) is 3.81. The van der Waals surface area contributed by atoms with E-state index in [0.717, 1.165) is 16.0 Å². The fraction of sp³-hybridized carbons (Fsp3) is 0.179. The largest absolute Gasteiger partial charge is 0.490 e. The first-order valence-corrected chi connectivity index (χ1v) is 11.5. The van der Waals surface area contributed by atoms with Gasteiger partial charge < -0.3 is 9.47 Å². The van der Waals surface area contributed by atoms with Crippen LogP contribution in [0.1, 0.15) is 30.5 Å². The van der Waals surface area contributed by atoms with E-state index >= 15 is 0 Å². The van der Waals surface area contributed by atoms with Crippen molar-refractivity contribution in [1.82, 2.24) is 5.32 Å². The van der Waals surface area contributed by atoms with E-state index in [-0.39, 0.29) is 18.0 Å². The Morgan fingerprint density at radius 3 is 2.39 bits per heavy atom. The Morgan fingerprint density at radius 2 is 1.67 bits per heavy atom. The number of urea groups is 1. The summed E-state index contributed by atoms with van der Waals surface area (Å²) in [5.41, 5.74) is 2.36. The van der Waals surface area contributed by atoms with Gasteiger partial charge in [-0.2, -0.15) is 0 Å². The normalized spacial score (nSPS) is 14.7. The van der Waals surface area contributed by atoms with Gasteiger partial charge in [-0.05, 0) is 66.4 Å². The molecule has 0 unspecified atom stereocenters. The summed E-state index contributed by atoms with van der Waals surface area (Å²) in [5, 5.41) is 2.25. The number of aryl methyl sites for hydroxylation is 1. The molecule has 0 spiro atoms. The lowest BCUT2D eigenvalue weighted by Gasteiger charge is -2.28. The van der Waals surface area contributed by atoms with Crippen LogP contribution in [-0.2, 0) is 22.6 Å². The van der Waals surface area contributed by atoms with Crippen LogP contribution >= 0.6 is 0 Å². The number of hydrogen-bond acceptors (Lipinski definition) is 5. The molecular weight excluding hydrogens is 463 g/mol. The van der Waals surface area contributed by atoms with Crippen molar-refractivity contribution in [3.63, 3.8) is 0 Å². The van der Waals surface area contributed by atoms with Gasteiger partial charge >= 0.3 is 6.03 Å². The van der Waals surface area contributed by atoms with Crippen LogP contribution in [0.2, 0.25) is 0 Å². The quantitative estimate of drug-likeness (QED) is 0.355. The summed E-state index contributed by atoms with van der Waals surface area (Å²) in [6, 6.07) is 17.2. The van der Waals surface area contributed by atoms with Gasteiger partial charge in [0.2, 0.25) is 0 Å². The highest BCUT2D eigenvalue weighted by Gasteiger charge is 2.37. The van der Waals surface area contributed by atoms with Crippen LogP contribution in [0.15, 0.2) is 72.3 Å². The van der Waals surface area contributed by atoms with Gasteiger partial charge in [-0.3, -0.25) is 14.9 Å². The van der Waals surface area contributed by atoms with Crippen LogP contribution < -0.4 is 19.7 Å². The number of anilines is 1. The monoisotopic (exact) mass is 488 g/mol. The first-order valence-electron chi connectivity index (χ1n) is 11.5. The third-order valence-corrected chi connectivity index (χ3v) is 5.60. The standard InChI is InChI=1S/C28H25FN2O5/c1-3-20-7-5-6-8-23(20)31-27(33)22(26(32)30-28(31)34)15-19-11-14-24(25(16-19)35-4-2)36-17-18-9-12-21(29)13-10-18/h5-16H,3-4,17H2,1-2H3,(H,30,32,34)/b22-15-. The Balaban J connectivity index is 1.62. The number of para-hydroxylation sites is 1. The Morgan fingerprint density at radius 1 is 0.917 bits per heavy atom. The van der Waals surface area contributed by atoms with Crippen molar-refractivity contribution in [2.24, 2.45) is 0 Å². The van der Waals surface area contributed by atoms with Gasteiger partial charge in [-0.15, -0.1) is 0 Å². The van der Waals surface area contributed by atoms with Gasteiger partial charge in [0.15, 0.2) is 11.5 Å². The average Bonchev–Trinajstić information content (AvgIpc) is 2.87. The number of amides is 4. The van der Waals surface area contributed by atoms with Gasteiger partial charge in [-0.1, -0.05) is 43.3 Å². The predicted octanol–water partition coefficient (Wildman–Crippen LogP) is 5.03. The summed E-state index contributed by atoms with van der Waals surface area (Å²) in [7, 11) is 0. The number of halogens is 1. The maximum absolute atomic E-state index is 13.3. The Labute approximate surface area is 208 Å². The molecule has 0 aromatic heterocycles. The Hall–Kier alpha value is -4.46. The number of hydrogen-bond donors (Lipinski definition) is 1. The molecule has 184 valence electrons. The second-order valence-corrected chi connectivity index (χ2v) is 7.99. The molecule has 0 radical (unpaired) electrons. The van der Waals surface area contributed by atoms with Crippen LogP contribution in [0.3, 0.4) is 0 Å². The number of ether oxygens (including phenoxy) is 2. The van der Waals surface area contributed by atoms with Crippen molar-refractivity contribution >= 4 is 29.6 Å². The molecule has 3 aromatic rings. The highest BCUT2D eigenvalue weighted by atomic mass is 19.1. The van der Waals surface area contributed by atoms with Crippen LogP contribution in [0, 0.1) is 5.82 Å². The number of carbonyl (C=O) groups is 3. The zero-order valence-corrected chi connectivity index (χ0v) is 19.9. The summed E-state index contributed by atoms with van der Waals surface area (Å²) >= 11 is 0. The fourth-order valence-electron chi connectivity index (χ4n) is 3.81. The van der Waals surface area contributed by atoms with Gasteiger partial charge in [-0.25, -0.2) is 14.1 Å². The minimum Gasteiger partial charge on any atom is -0.490 e. The van der Waals surface area contributed by atoms with Crippen molar-refractivity contribution in [2.75, 3.05) is 11.5 Å². The lowest BCUT2D eigenvalue weighted by Crippen LogP contribution is -2.54. The van der Waals surface area contributed by atoms with Gasteiger partial charge in [0.1, 0.15) is 18.0 Å². The van der Waals surface area contributed by atoms with Crippen molar-refractivity contribution < 1.29 is 28.2 Å². The molecule has 1 aliphatic heterocycles. The second kappa shape index (κ2) is 10.9. The molecule has 0 atom stereocenters. The lowest BCUT2D eigenvalue weighted by molar-refractivity contribution is -0.122. The molecule has 36 heavy (non-hydrogen) atoms. The second-order valence-electron chi connectivity index (χ2n) is 7.99. The first-order chi connectivity index (χ1) is 17.4. The molecule has 3 aromatic carbocycles. The molecule has 7 nitrogen and oxygen atoms in total. The van der Waals surface area contributed by atoms with Crippen molar-refractivity contribution in [3.05, 3.63) is 94.8 Å². The SMILES string of the molecule is CCOc1cc(/C=C2/C(=O)NC(=O)N(c3ccccc3CC)C2=O)ccc1OCc1ccc(F)cc1. The number of barbiturate groups is 1. The Bertz CT molecular complexity index is 1330. The molecule has 0 aliphatic carbocycles. The number of carbonyl (C=O) groups excluding carboxylic acids is 3. The first kappa shape index (κ1) is 24.7. The molecular formula is C28H25FN2O5. The molecule has 0 bridgehead atoms. The molecule has 1 aliphatic rings. The van der Waals surface area contributed by atoms with Crippen LogP contribution in [0.25, 0.3) is 6.08 Å². The summed E-state index contributed by atoms with van der Waals surface area (Å²) in [5.74, 6) is -0.937.